The molecule has 1 atom stereocenters. The molecule has 7 heteroatoms. The summed E-state index contributed by atoms with van der Waals surface area (Å²) < 4.78 is 20.0. The number of rotatable bonds is 5. The number of methoxy groups -OCH3 is 1. The van der Waals surface area contributed by atoms with Gasteiger partial charge in [0.15, 0.2) is 0 Å². The molecule has 6 nitrogen and oxygen atoms in total. The molecule has 0 aliphatic carbocycles. The molecule has 2 heterocycles. The maximum atomic E-state index is 14.8. The third-order valence-corrected chi connectivity index (χ3v) is 5.53. The average molecular weight is 432 g/mol. The highest BCUT2D eigenvalue weighted by atomic mass is 19.1. The van der Waals surface area contributed by atoms with Crippen molar-refractivity contribution < 1.29 is 23.8 Å². The molecule has 0 saturated carbocycles. The van der Waals surface area contributed by atoms with E-state index in [4.69, 9.17) is 4.74 Å². The normalized spacial score (nSPS) is 17.6. The van der Waals surface area contributed by atoms with E-state index in [0.29, 0.717) is 16.9 Å². The van der Waals surface area contributed by atoms with Gasteiger partial charge in [-0.25, -0.2) is 4.39 Å². The minimum atomic E-state index is -1.08. The van der Waals surface area contributed by atoms with Gasteiger partial charge in [-0.05, 0) is 54.4 Å². The summed E-state index contributed by atoms with van der Waals surface area (Å²) in [4.78, 5) is 31.3. The van der Waals surface area contributed by atoms with Gasteiger partial charge in [0.1, 0.15) is 17.3 Å². The van der Waals surface area contributed by atoms with E-state index in [-0.39, 0.29) is 23.4 Å². The molecule has 0 bridgehead atoms. The van der Waals surface area contributed by atoms with E-state index in [2.05, 4.69) is 4.98 Å². The number of nitrogens with zero attached hydrogens (tertiary/aromatic N) is 2. The van der Waals surface area contributed by atoms with E-state index in [9.17, 15) is 19.1 Å². The number of pyridine rings is 1. The maximum Gasteiger partial charge on any atom is 0.295 e. The summed E-state index contributed by atoms with van der Waals surface area (Å²) in [7, 11) is 1.52. The Morgan fingerprint density at radius 1 is 1.12 bits per heavy atom. The predicted octanol–water partition coefficient (Wildman–Crippen LogP) is 4.16. The summed E-state index contributed by atoms with van der Waals surface area (Å²) >= 11 is 0. The summed E-state index contributed by atoms with van der Waals surface area (Å²) in [5.74, 6) is -2.00. The summed E-state index contributed by atoms with van der Waals surface area (Å²) in [6.07, 6.45) is 3.15. The molecule has 1 fully saturated rings. The van der Waals surface area contributed by atoms with Crippen molar-refractivity contribution in [1.82, 2.24) is 9.88 Å². The molecule has 32 heavy (non-hydrogen) atoms. The van der Waals surface area contributed by atoms with Gasteiger partial charge in [0.05, 0.1) is 18.7 Å². The van der Waals surface area contributed by atoms with Crippen LogP contribution in [-0.2, 0) is 16.1 Å². The number of hydrogen-bond donors (Lipinski definition) is 1. The smallest absolute Gasteiger partial charge is 0.295 e. The Balaban J connectivity index is 1.90. The molecule has 0 radical (unpaired) electrons. The van der Waals surface area contributed by atoms with E-state index in [1.54, 1.807) is 55.7 Å². The number of aryl methyl sites for hydroxylation is 1. The number of aliphatic hydroxyl groups is 1. The van der Waals surface area contributed by atoms with Crippen molar-refractivity contribution in [1.29, 1.82) is 0 Å². The molecular weight excluding hydrogens is 411 g/mol. The zero-order valence-electron chi connectivity index (χ0n) is 17.6. The van der Waals surface area contributed by atoms with Crippen LogP contribution in [0.3, 0.4) is 0 Å². The molecule has 3 aromatic rings. The molecule has 1 unspecified atom stereocenters. The third-order valence-electron chi connectivity index (χ3n) is 5.53. The number of ketones is 1. The van der Waals surface area contributed by atoms with E-state index in [1.165, 1.54) is 30.2 Å². The van der Waals surface area contributed by atoms with Crippen LogP contribution in [0.2, 0.25) is 0 Å². The number of amides is 1. The van der Waals surface area contributed by atoms with Gasteiger partial charge in [0.25, 0.3) is 11.7 Å². The maximum absolute atomic E-state index is 14.8. The average Bonchev–Trinajstić information content (AvgIpc) is 3.04. The van der Waals surface area contributed by atoms with E-state index < -0.39 is 23.5 Å². The van der Waals surface area contributed by atoms with E-state index >= 15 is 0 Å². The molecular formula is C25H21FN2O4. The zero-order chi connectivity index (χ0) is 22.8. The van der Waals surface area contributed by atoms with E-state index in [0.717, 1.165) is 5.56 Å². The molecule has 1 aliphatic rings. The van der Waals surface area contributed by atoms with Crippen molar-refractivity contribution in [3.05, 3.63) is 101 Å². The second kappa shape index (κ2) is 8.63. The largest absolute Gasteiger partial charge is 0.507 e. The monoisotopic (exact) mass is 432 g/mol. The minimum Gasteiger partial charge on any atom is -0.507 e. The lowest BCUT2D eigenvalue weighted by molar-refractivity contribution is -0.140. The molecule has 1 aromatic heterocycles. The van der Waals surface area contributed by atoms with Crippen LogP contribution >= 0.6 is 0 Å². The number of aromatic nitrogens is 1. The second-order valence-electron chi connectivity index (χ2n) is 7.48. The molecule has 1 aliphatic heterocycles. The summed E-state index contributed by atoms with van der Waals surface area (Å²) in [5.41, 5.74) is 1.73. The van der Waals surface area contributed by atoms with Crippen LogP contribution < -0.4 is 4.74 Å². The fourth-order valence-corrected chi connectivity index (χ4v) is 3.92. The van der Waals surface area contributed by atoms with Crippen molar-refractivity contribution in [2.24, 2.45) is 0 Å². The SMILES string of the molecule is COc1ccc(/C(O)=C2\C(=O)C(=O)N(Cc3ccncc3)C2c2ccccc2F)c(C)c1. The van der Waals surface area contributed by atoms with Gasteiger partial charge in [0.2, 0.25) is 0 Å². The van der Waals surface area contributed by atoms with Crippen LogP contribution in [-0.4, -0.2) is 33.8 Å². The van der Waals surface area contributed by atoms with Gasteiger partial charge >= 0.3 is 0 Å². The Kier molecular flexibility index (Phi) is 5.73. The van der Waals surface area contributed by atoms with Gasteiger partial charge in [-0.1, -0.05) is 18.2 Å². The Labute approximate surface area is 184 Å². The molecule has 1 N–H and O–H groups in total. The Morgan fingerprint density at radius 2 is 1.84 bits per heavy atom. The van der Waals surface area contributed by atoms with Gasteiger partial charge in [-0.15, -0.1) is 0 Å². The molecule has 1 saturated heterocycles. The predicted molar refractivity (Wildman–Crippen MR) is 116 cm³/mol. The summed E-state index contributed by atoms with van der Waals surface area (Å²) in [6.45, 7) is 1.81. The minimum absolute atomic E-state index is 0.0600. The Hall–Kier alpha value is -4.00. The molecule has 2 aromatic carbocycles. The lowest BCUT2D eigenvalue weighted by Gasteiger charge is -2.25. The first-order valence-corrected chi connectivity index (χ1v) is 9.99. The number of carbonyl (C=O) groups is 2. The standard InChI is InChI=1S/C25H21FN2O4/c1-15-13-17(32-2)7-8-18(15)23(29)21-22(19-5-3-4-6-20(19)26)28(25(31)24(21)30)14-16-9-11-27-12-10-16/h3-13,22,29H,14H2,1-2H3/b23-21+. The number of likely N-dealkylation sites (tertiary alicyclic amines) is 1. The second-order valence-corrected chi connectivity index (χ2v) is 7.48. The highest BCUT2D eigenvalue weighted by Crippen LogP contribution is 2.41. The topological polar surface area (TPSA) is 79.7 Å². The number of hydrogen-bond acceptors (Lipinski definition) is 5. The van der Waals surface area contributed by atoms with Crippen molar-refractivity contribution in [2.45, 2.75) is 19.5 Å². The van der Waals surface area contributed by atoms with Crippen molar-refractivity contribution in [3.8, 4) is 5.75 Å². The fraction of sp³-hybridized carbons (Fsp3) is 0.160. The van der Waals surface area contributed by atoms with Gasteiger partial charge in [-0.3, -0.25) is 14.6 Å². The Morgan fingerprint density at radius 3 is 2.50 bits per heavy atom. The lowest BCUT2D eigenvalue weighted by Crippen LogP contribution is -2.29. The highest BCUT2D eigenvalue weighted by Gasteiger charge is 2.47. The first kappa shape index (κ1) is 21.2. The van der Waals surface area contributed by atoms with Crippen LogP contribution in [0, 0.1) is 12.7 Å². The Bertz CT molecular complexity index is 1220. The number of aliphatic hydroxyl groups excluding tert-OH is 1. The van der Waals surface area contributed by atoms with Gasteiger partial charge in [-0.2, -0.15) is 0 Å². The van der Waals surface area contributed by atoms with Crippen LogP contribution in [0.1, 0.15) is 28.3 Å². The first-order valence-electron chi connectivity index (χ1n) is 9.99. The molecule has 162 valence electrons. The van der Waals surface area contributed by atoms with E-state index in [1.807, 2.05) is 0 Å². The number of benzene rings is 2. The zero-order valence-corrected chi connectivity index (χ0v) is 17.6. The van der Waals surface area contributed by atoms with Crippen molar-refractivity contribution in [3.63, 3.8) is 0 Å². The van der Waals surface area contributed by atoms with Crippen LogP contribution in [0.15, 0.2) is 72.6 Å². The summed E-state index contributed by atoms with van der Waals surface area (Å²) in [5, 5.41) is 11.2. The third kappa shape index (κ3) is 3.73. The highest BCUT2D eigenvalue weighted by molar-refractivity contribution is 6.46. The van der Waals surface area contributed by atoms with Gasteiger partial charge < -0.3 is 14.7 Å². The number of halogens is 1. The number of Topliss-reactive ketones (excluding diaryl/α,β-unsaturated/α-hetero) is 1. The van der Waals surface area contributed by atoms with Gasteiger partial charge in [0, 0.05) is 30.1 Å². The first-order chi connectivity index (χ1) is 15.4. The fourth-order valence-electron chi connectivity index (χ4n) is 3.92. The number of carbonyl (C=O) groups excluding carboxylic acids is 2. The summed E-state index contributed by atoms with van der Waals surface area (Å²) in [6, 6.07) is 13.2. The molecule has 0 spiro atoms. The molecule has 1 amide bonds. The molecule has 4 rings (SSSR count). The lowest BCUT2D eigenvalue weighted by atomic mass is 9.93. The number of ether oxygens (including phenoxy) is 1. The van der Waals surface area contributed by atoms with Crippen LogP contribution in [0.25, 0.3) is 5.76 Å². The van der Waals surface area contributed by atoms with Crippen molar-refractivity contribution in [2.75, 3.05) is 7.11 Å². The van der Waals surface area contributed by atoms with Crippen LogP contribution in [0.5, 0.6) is 5.75 Å². The quantitative estimate of drug-likeness (QED) is 0.372. The van der Waals surface area contributed by atoms with Crippen LogP contribution in [0.4, 0.5) is 4.39 Å². The van der Waals surface area contributed by atoms with Crippen molar-refractivity contribution >= 4 is 17.4 Å².